The number of carbonyl (C=O) groups excluding carboxylic acids is 1. The minimum atomic E-state index is -0.211. The van der Waals surface area contributed by atoms with E-state index in [2.05, 4.69) is 26.8 Å². The van der Waals surface area contributed by atoms with Crippen LogP contribution in [0.15, 0.2) is 36.4 Å². The normalized spacial score (nSPS) is 16.4. The predicted molar refractivity (Wildman–Crippen MR) is 105 cm³/mol. The third kappa shape index (κ3) is 3.32. The number of nitrogens with zero attached hydrogens (tertiary/aromatic N) is 4. The van der Waals surface area contributed by atoms with E-state index >= 15 is 0 Å². The molecule has 6 heteroatoms. The Morgan fingerprint density at radius 2 is 2.04 bits per heavy atom. The number of rotatable bonds is 1. The van der Waals surface area contributed by atoms with Gasteiger partial charge in [-0.25, -0.2) is 15.0 Å². The van der Waals surface area contributed by atoms with Gasteiger partial charge in [0, 0.05) is 24.7 Å². The zero-order chi connectivity index (χ0) is 19.0. The first kappa shape index (κ1) is 17.0. The molecular weight excluding hydrogens is 338 g/mol. The van der Waals surface area contributed by atoms with Crippen LogP contribution in [0.25, 0.3) is 22.3 Å². The van der Waals surface area contributed by atoms with Gasteiger partial charge < -0.3 is 10.6 Å². The third-order valence-electron chi connectivity index (χ3n) is 4.66. The number of nitrogen functional groups attached to an aromatic ring is 1. The molecular formula is C21H19N5O. The number of hydrogen-bond donors (Lipinski definition) is 1. The summed E-state index contributed by atoms with van der Waals surface area (Å²) in [5.74, 6) is 7.11. The standard InChI is InChI=1S/C21H19N5O/c1-13-23-18-9-8-17(25-19(18)20(22)24-13)16-5-3-4-14(12-16)6-7-15-10-11-26(2)21(15)27/h3-5,8-9,12,15H,10-11H2,1-2H3,(H2,22,23,24)/t15-/m0/s1. The van der Waals surface area contributed by atoms with Crippen LogP contribution in [0.5, 0.6) is 0 Å². The SMILES string of the molecule is Cc1nc(N)c2nc(-c3cccc(C#C[C@H]4CCN(C)C4=O)c3)ccc2n1. The van der Waals surface area contributed by atoms with Crippen LogP contribution in [0.3, 0.4) is 0 Å². The van der Waals surface area contributed by atoms with Crippen molar-refractivity contribution in [2.45, 2.75) is 13.3 Å². The summed E-state index contributed by atoms with van der Waals surface area (Å²) in [5.41, 5.74) is 9.88. The van der Waals surface area contributed by atoms with Gasteiger partial charge in [0.2, 0.25) is 5.91 Å². The van der Waals surface area contributed by atoms with Crippen molar-refractivity contribution in [1.29, 1.82) is 0 Å². The van der Waals surface area contributed by atoms with Crippen molar-refractivity contribution in [1.82, 2.24) is 19.9 Å². The molecule has 1 amide bonds. The van der Waals surface area contributed by atoms with Crippen LogP contribution in [0.4, 0.5) is 5.82 Å². The van der Waals surface area contributed by atoms with E-state index < -0.39 is 0 Å². The Balaban J connectivity index is 1.67. The number of carbonyl (C=O) groups is 1. The first-order valence-electron chi connectivity index (χ1n) is 8.79. The number of benzene rings is 1. The molecule has 2 aromatic heterocycles. The van der Waals surface area contributed by atoms with E-state index in [-0.39, 0.29) is 11.8 Å². The maximum absolute atomic E-state index is 12.0. The van der Waals surface area contributed by atoms with Crippen LogP contribution in [-0.2, 0) is 4.79 Å². The molecule has 0 unspecified atom stereocenters. The second-order valence-corrected chi connectivity index (χ2v) is 6.67. The highest BCUT2D eigenvalue weighted by molar-refractivity contribution is 5.86. The number of anilines is 1. The molecule has 4 rings (SSSR count). The average Bonchev–Trinajstić information content (AvgIpc) is 2.98. The second kappa shape index (κ2) is 6.69. The highest BCUT2D eigenvalue weighted by atomic mass is 16.2. The summed E-state index contributed by atoms with van der Waals surface area (Å²) in [6.45, 7) is 2.57. The van der Waals surface area contributed by atoms with Gasteiger partial charge >= 0.3 is 0 Å². The quantitative estimate of drug-likeness (QED) is 0.676. The van der Waals surface area contributed by atoms with E-state index in [9.17, 15) is 4.79 Å². The van der Waals surface area contributed by atoms with E-state index in [1.807, 2.05) is 43.4 Å². The molecule has 2 N–H and O–H groups in total. The van der Waals surface area contributed by atoms with Gasteiger partial charge in [-0.15, -0.1) is 0 Å². The van der Waals surface area contributed by atoms with Crippen LogP contribution >= 0.6 is 0 Å². The maximum atomic E-state index is 12.0. The van der Waals surface area contributed by atoms with Gasteiger partial charge in [0.25, 0.3) is 0 Å². The molecule has 3 aromatic rings. The number of fused-ring (bicyclic) bond motifs is 1. The van der Waals surface area contributed by atoms with Crippen molar-refractivity contribution in [3.8, 4) is 23.1 Å². The molecule has 0 spiro atoms. The van der Waals surface area contributed by atoms with Gasteiger partial charge in [-0.1, -0.05) is 24.0 Å². The molecule has 134 valence electrons. The van der Waals surface area contributed by atoms with Gasteiger partial charge in [-0.2, -0.15) is 0 Å². The number of hydrogen-bond acceptors (Lipinski definition) is 5. The van der Waals surface area contributed by atoms with Gasteiger partial charge in [0.15, 0.2) is 5.82 Å². The maximum Gasteiger partial charge on any atom is 0.237 e. The van der Waals surface area contributed by atoms with E-state index in [4.69, 9.17) is 5.73 Å². The third-order valence-corrected chi connectivity index (χ3v) is 4.66. The average molecular weight is 357 g/mol. The molecule has 3 heterocycles. The fourth-order valence-corrected chi connectivity index (χ4v) is 3.20. The summed E-state index contributed by atoms with van der Waals surface area (Å²) >= 11 is 0. The number of likely N-dealkylation sites (tertiary alicyclic amines) is 1. The topological polar surface area (TPSA) is 85.0 Å². The second-order valence-electron chi connectivity index (χ2n) is 6.67. The van der Waals surface area contributed by atoms with Gasteiger partial charge in [-0.3, -0.25) is 4.79 Å². The Bertz CT molecular complexity index is 1110. The summed E-state index contributed by atoms with van der Waals surface area (Å²) in [6, 6.07) is 11.6. The Kier molecular flexibility index (Phi) is 4.21. The zero-order valence-corrected chi connectivity index (χ0v) is 15.2. The van der Waals surface area contributed by atoms with Crippen molar-refractivity contribution in [3.05, 3.63) is 47.8 Å². The lowest BCUT2D eigenvalue weighted by Crippen LogP contribution is -2.21. The van der Waals surface area contributed by atoms with Crippen molar-refractivity contribution in [3.63, 3.8) is 0 Å². The number of nitrogens with two attached hydrogens (primary N) is 1. The van der Waals surface area contributed by atoms with E-state index in [0.717, 1.165) is 35.3 Å². The monoisotopic (exact) mass is 357 g/mol. The van der Waals surface area contributed by atoms with E-state index in [1.165, 1.54) is 0 Å². The number of pyridine rings is 1. The van der Waals surface area contributed by atoms with Gasteiger partial charge in [-0.05, 0) is 37.6 Å². The summed E-state index contributed by atoms with van der Waals surface area (Å²) in [6.07, 6.45) is 0.785. The minimum Gasteiger partial charge on any atom is -0.382 e. The number of aryl methyl sites for hydroxylation is 1. The van der Waals surface area contributed by atoms with Crippen LogP contribution in [0.2, 0.25) is 0 Å². The molecule has 6 nitrogen and oxygen atoms in total. The molecule has 1 atom stereocenters. The van der Waals surface area contributed by atoms with Crippen molar-refractivity contribution >= 4 is 22.8 Å². The fraction of sp³-hybridized carbons (Fsp3) is 0.238. The smallest absolute Gasteiger partial charge is 0.237 e. The Morgan fingerprint density at radius 1 is 1.19 bits per heavy atom. The molecule has 1 aliphatic rings. The predicted octanol–water partition coefficient (Wildman–Crippen LogP) is 2.41. The molecule has 1 aliphatic heterocycles. The first-order chi connectivity index (χ1) is 13.0. The molecule has 1 aromatic carbocycles. The van der Waals surface area contributed by atoms with E-state index in [1.54, 1.807) is 11.8 Å². The zero-order valence-electron chi connectivity index (χ0n) is 15.2. The highest BCUT2D eigenvalue weighted by Crippen LogP contribution is 2.23. The van der Waals surface area contributed by atoms with Crippen molar-refractivity contribution in [2.75, 3.05) is 19.3 Å². The summed E-state index contributed by atoms with van der Waals surface area (Å²) in [4.78, 5) is 26.9. The first-order valence-corrected chi connectivity index (χ1v) is 8.79. The molecule has 0 radical (unpaired) electrons. The lowest BCUT2D eigenvalue weighted by Gasteiger charge is -2.06. The lowest BCUT2D eigenvalue weighted by atomic mass is 10.1. The number of aromatic nitrogens is 3. The van der Waals surface area contributed by atoms with Crippen LogP contribution in [0.1, 0.15) is 17.8 Å². The fourth-order valence-electron chi connectivity index (χ4n) is 3.20. The molecule has 0 bridgehead atoms. The van der Waals surface area contributed by atoms with Gasteiger partial charge in [0.05, 0.1) is 11.2 Å². The van der Waals surface area contributed by atoms with Crippen molar-refractivity contribution < 1.29 is 4.79 Å². The molecule has 27 heavy (non-hydrogen) atoms. The number of amides is 1. The minimum absolute atomic E-state index is 0.0978. The molecule has 1 fully saturated rings. The van der Waals surface area contributed by atoms with Gasteiger partial charge in [0.1, 0.15) is 17.3 Å². The van der Waals surface area contributed by atoms with Crippen LogP contribution in [-0.4, -0.2) is 39.4 Å². The van der Waals surface area contributed by atoms with E-state index in [0.29, 0.717) is 17.2 Å². The Morgan fingerprint density at radius 3 is 2.81 bits per heavy atom. The molecule has 0 saturated carbocycles. The highest BCUT2D eigenvalue weighted by Gasteiger charge is 2.27. The largest absolute Gasteiger partial charge is 0.382 e. The molecule has 1 saturated heterocycles. The van der Waals surface area contributed by atoms with Crippen LogP contribution < -0.4 is 5.73 Å². The van der Waals surface area contributed by atoms with Crippen molar-refractivity contribution in [2.24, 2.45) is 5.92 Å². The van der Waals surface area contributed by atoms with Crippen LogP contribution in [0, 0.1) is 24.7 Å². The summed E-state index contributed by atoms with van der Waals surface area (Å²) < 4.78 is 0. The summed E-state index contributed by atoms with van der Waals surface area (Å²) in [7, 11) is 1.81. The Hall–Kier alpha value is -3.46. The Labute approximate surface area is 157 Å². The summed E-state index contributed by atoms with van der Waals surface area (Å²) in [5, 5.41) is 0. The lowest BCUT2D eigenvalue weighted by molar-refractivity contribution is -0.128. The molecule has 0 aliphatic carbocycles.